The summed E-state index contributed by atoms with van der Waals surface area (Å²) in [5, 5.41) is 0. The van der Waals surface area contributed by atoms with Gasteiger partial charge in [-0.1, -0.05) is 35.4 Å². The zero-order valence-corrected chi connectivity index (χ0v) is 19.5. The van der Waals surface area contributed by atoms with Gasteiger partial charge in [-0.2, -0.15) is 0 Å². The van der Waals surface area contributed by atoms with Crippen molar-refractivity contribution in [2.75, 3.05) is 0 Å². The molecule has 0 saturated heterocycles. The number of hydrogen-bond acceptors (Lipinski definition) is 3. The fourth-order valence-corrected chi connectivity index (χ4v) is 4.39. The number of carbonyl (C=O) groups excluding carboxylic acids is 1. The van der Waals surface area contributed by atoms with Crippen LogP contribution in [0, 0.1) is 11.8 Å². The van der Waals surface area contributed by atoms with Crippen molar-refractivity contribution in [2.24, 2.45) is 37.4 Å². The third-order valence-corrected chi connectivity index (χ3v) is 5.93. The van der Waals surface area contributed by atoms with Gasteiger partial charge in [-0.3, -0.25) is 4.79 Å². The van der Waals surface area contributed by atoms with Crippen LogP contribution in [0.15, 0.2) is 73.4 Å². The highest BCUT2D eigenvalue weighted by molar-refractivity contribution is 6.28. The topological polar surface area (TPSA) is 79.0 Å². The normalized spacial score (nSPS) is 29.9. The third kappa shape index (κ3) is 4.92. The maximum Gasteiger partial charge on any atom is 0.155 e. The molecule has 4 atom stereocenters. The van der Waals surface area contributed by atoms with E-state index in [0.717, 1.165) is 22.3 Å². The molecular weight excluding hydrogens is 455 g/mol. The summed E-state index contributed by atoms with van der Waals surface area (Å²) in [7, 11) is 3.86. The molecule has 0 radical (unpaired) electrons. The van der Waals surface area contributed by atoms with Crippen LogP contribution < -0.4 is 11.5 Å². The number of carbonyl (C=O) groups is 1. The standard InChI is InChI=1S/C23H24Cl2N4O.ClH/c1-28-9-5-15(13-28)19-11-22(24,26)7-3-17(19)21(30)18-4-8-23(25,27)12-20(18)16-6-10-29(2)14-16;/h3-14,17-18H,26-27H2,1-2H3;1H. The number of rotatable bonds is 4. The lowest BCUT2D eigenvalue weighted by Crippen LogP contribution is -2.36. The zero-order valence-electron chi connectivity index (χ0n) is 17.2. The van der Waals surface area contributed by atoms with Crippen LogP contribution in [0.3, 0.4) is 0 Å². The first-order valence-electron chi connectivity index (χ1n) is 9.63. The summed E-state index contributed by atoms with van der Waals surface area (Å²) in [6.07, 6.45) is 18.2. The monoisotopic (exact) mass is 478 g/mol. The van der Waals surface area contributed by atoms with Crippen molar-refractivity contribution in [1.29, 1.82) is 0 Å². The van der Waals surface area contributed by atoms with Crippen LogP contribution in [0.4, 0.5) is 0 Å². The molecular formula is C23H25Cl3N4O. The molecule has 2 aliphatic rings. The fraction of sp³-hybridized carbons (Fsp3) is 0.261. The van der Waals surface area contributed by atoms with E-state index in [1.807, 2.05) is 60.1 Å². The summed E-state index contributed by atoms with van der Waals surface area (Å²) in [6, 6.07) is 3.90. The summed E-state index contributed by atoms with van der Waals surface area (Å²) >= 11 is 12.8. The SMILES string of the molecule is Cl.Cn1ccc(C2=CC(N)(Cl)C=CC2C(=O)C2C=CC(N)(Cl)C=C2c2ccn(C)c2)c1. The summed E-state index contributed by atoms with van der Waals surface area (Å²) in [5.41, 5.74) is 15.7. The molecule has 164 valence electrons. The Hall–Kier alpha value is -2.02. The van der Waals surface area contributed by atoms with Gasteiger partial charge in [0.15, 0.2) is 5.78 Å². The number of nitrogens with zero attached hydrogens (tertiary/aromatic N) is 2. The molecule has 4 N–H and O–H groups in total. The number of halogens is 3. The molecule has 5 nitrogen and oxygen atoms in total. The largest absolute Gasteiger partial charge is 0.357 e. The number of ketones is 1. The molecule has 8 heteroatoms. The minimum Gasteiger partial charge on any atom is -0.357 e. The van der Waals surface area contributed by atoms with Gasteiger partial charge in [-0.25, -0.2) is 0 Å². The van der Waals surface area contributed by atoms with Gasteiger partial charge in [0, 0.05) is 38.9 Å². The van der Waals surface area contributed by atoms with Crippen LogP contribution in [-0.2, 0) is 18.9 Å². The lowest BCUT2D eigenvalue weighted by Gasteiger charge is -2.31. The van der Waals surface area contributed by atoms with Crippen LogP contribution in [0.5, 0.6) is 0 Å². The highest BCUT2D eigenvalue weighted by Gasteiger charge is 2.37. The van der Waals surface area contributed by atoms with Crippen LogP contribution in [0.1, 0.15) is 11.1 Å². The van der Waals surface area contributed by atoms with Crippen molar-refractivity contribution < 1.29 is 4.79 Å². The average Bonchev–Trinajstić information content (AvgIpc) is 3.28. The minimum absolute atomic E-state index is 0. The summed E-state index contributed by atoms with van der Waals surface area (Å²) in [6.45, 7) is 0. The Morgan fingerprint density at radius 1 is 0.871 bits per heavy atom. The number of nitrogens with two attached hydrogens (primary N) is 2. The molecule has 2 aromatic rings. The van der Waals surface area contributed by atoms with E-state index >= 15 is 0 Å². The van der Waals surface area contributed by atoms with Crippen molar-refractivity contribution in [3.63, 3.8) is 0 Å². The molecule has 0 fully saturated rings. The number of hydrogen-bond donors (Lipinski definition) is 2. The maximum atomic E-state index is 13.8. The number of alkyl halides is 2. The van der Waals surface area contributed by atoms with Gasteiger partial charge in [0.05, 0.1) is 11.8 Å². The second-order valence-electron chi connectivity index (χ2n) is 8.06. The maximum absolute atomic E-state index is 13.8. The van der Waals surface area contributed by atoms with E-state index in [2.05, 4.69) is 0 Å². The zero-order chi connectivity index (χ0) is 21.7. The van der Waals surface area contributed by atoms with Gasteiger partial charge in [-0.05, 0) is 58.7 Å². The van der Waals surface area contributed by atoms with E-state index in [9.17, 15) is 4.79 Å². The van der Waals surface area contributed by atoms with Gasteiger partial charge in [0.25, 0.3) is 0 Å². The van der Waals surface area contributed by atoms with E-state index in [0.29, 0.717) is 0 Å². The van der Waals surface area contributed by atoms with Crippen molar-refractivity contribution in [3.05, 3.63) is 84.5 Å². The summed E-state index contributed by atoms with van der Waals surface area (Å²) in [5.74, 6) is -0.984. The van der Waals surface area contributed by atoms with Crippen LogP contribution >= 0.6 is 35.6 Å². The molecule has 0 aliphatic heterocycles. The van der Waals surface area contributed by atoms with Gasteiger partial charge >= 0.3 is 0 Å². The molecule has 2 aliphatic carbocycles. The molecule has 2 heterocycles. The average molecular weight is 480 g/mol. The van der Waals surface area contributed by atoms with Gasteiger partial charge < -0.3 is 20.6 Å². The first-order valence-corrected chi connectivity index (χ1v) is 10.4. The van der Waals surface area contributed by atoms with E-state index < -0.39 is 21.8 Å². The van der Waals surface area contributed by atoms with Crippen molar-refractivity contribution in [1.82, 2.24) is 9.13 Å². The number of aromatic nitrogens is 2. The quantitative estimate of drug-likeness (QED) is 0.395. The van der Waals surface area contributed by atoms with Crippen LogP contribution in [0.25, 0.3) is 11.1 Å². The van der Waals surface area contributed by atoms with Crippen molar-refractivity contribution >= 4 is 52.5 Å². The van der Waals surface area contributed by atoms with E-state index in [1.165, 1.54) is 0 Å². The Labute approximate surface area is 198 Å². The van der Waals surface area contributed by atoms with E-state index in [1.54, 1.807) is 36.5 Å². The number of Topliss-reactive ketones (excluding diaryl/α,β-unsaturated/α-hetero) is 1. The van der Waals surface area contributed by atoms with Crippen LogP contribution in [-0.4, -0.2) is 24.9 Å². The number of allylic oxidation sites excluding steroid dienone is 4. The Kier molecular flexibility index (Phi) is 6.47. The molecule has 0 aromatic carbocycles. The molecule has 2 aromatic heterocycles. The third-order valence-electron chi connectivity index (χ3n) is 5.46. The van der Waals surface area contributed by atoms with Gasteiger partial charge in [0.1, 0.15) is 10.00 Å². The molecule has 0 spiro atoms. The van der Waals surface area contributed by atoms with Crippen LogP contribution in [0.2, 0.25) is 0 Å². The first kappa shape index (κ1) is 23.6. The second kappa shape index (κ2) is 8.49. The van der Waals surface area contributed by atoms with Crippen molar-refractivity contribution in [2.45, 2.75) is 10.00 Å². The van der Waals surface area contributed by atoms with E-state index in [-0.39, 0.29) is 18.2 Å². The summed E-state index contributed by atoms with van der Waals surface area (Å²) < 4.78 is 3.85. The Balaban J connectivity index is 0.00000272. The smallest absolute Gasteiger partial charge is 0.155 e. The first-order chi connectivity index (χ1) is 14.0. The van der Waals surface area contributed by atoms with Crippen molar-refractivity contribution in [3.8, 4) is 0 Å². The highest BCUT2D eigenvalue weighted by Crippen LogP contribution is 2.40. The molecule has 4 rings (SSSR count). The Bertz CT molecular complexity index is 1030. The predicted octanol–water partition coefficient (Wildman–Crippen LogP) is 3.98. The van der Waals surface area contributed by atoms with E-state index in [4.69, 9.17) is 34.7 Å². The number of aryl methyl sites for hydroxylation is 2. The Morgan fingerprint density at radius 3 is 1.58 bits per heavy atom. The molecule has 4 unspecified atom stereocenters. The molecule has 0 amide bonds. The van der Waals surface area contributed by atoms with Gasteiger partial charge in [0.2, 0.25) is 0 Å². The fourth-order valence-electron chi connectivity index (χ4n) is 4.01. The minimum atomic E-state index is -1.13. The second-order valence-corrected chi connectivity index (χ2v) is 9.37. The lowest BCUT2D eigenvalue weighted by atomic mass is 9.75. The predicted molar refractivity (Wildman–Crippen MR) is 130 cm³/mol. The highest BCUT2D eigenvalue weighted by atomic mass is 35.5. The molecule has 0 bridgehead atoms. The Morgan fingerprint density at radius 2 is 1.26 bits per heavy atom. The molecule has 0 saturated carbocycles. The molecule has 31 heavy (non-hydrogen) atoms. The summed E-state index contributed by atoms with van der Waals surface area (Å²) in [4.78, 5) is 11.5. The lowest BCUT2D eigenvalue weighted by molar-refractivity contribution is -0.121. The van der Waals surface area contributed by atoms with Gasteiger partial charge in [-0.15, -0.1) is 12.4 Å².